The van der Waals surface area contributed by atoms with Crippen LogP contribution in [0.2, 0.25) is 5.82 Å². The summed E-state index contributed by atoms with van der Waals surface area (Å²) in [6.45, 7) is 4.44. The van der Waals surface area contributed by atoms with Crippen molar-refractivity contribution >= 4 is 48.7 Å². The third kappa shape index (κ3) is 3.81. The molecule has 0 heterocycles. The maximum absolute atomic E-state index is 10.6. The molecule has 0 aromatic heterocycles. The Morgan fingerprint density at radius 2 is 1.75 bits per heavy atom. The molecule has 134 valence electrons. The van der Waals surface area contributed by atoms with Gasteiger partial charge >= 0.3 is 0 Å². The van der Waals surface area contributed by atoms with Gasteiger partial charge in [0.1, 0.15) is 35.8 Å². The maximum Gasteiger partial charge on any atom is 0.129 e. The minimum absolute atomic E-state index is 0.0517. The lowest BCUT2D eigenvalue weighted by Gasteiger charge is -2.33. The van der Waals surface area contributed by atoms with E-state index in [-0.39, 0.29) is 21.0 Å². The summed E-state index contributed by atoms with van der Waals surface area (Å²) in [5.41, 5.74) is -1.92. The zero-order valence-electron chi connectivity index (χ0n) is 15.3. The van der Waals surface area contributed by atoms with Crippen LogP contribution in [0.15, 0.2) is 0 Å². The third-order valence-electron chi connectivity index (χ3n) is 5.63. The number of aliphatic hydroxyl groups excluding tert-OH is 1. The first-order valence-corrected chi connectivity index (χ1v) is 15.0. The first-order chi connectivity index (χ1) is 11.0. The van der Waals surface area contributed by atoms with Gasteiger partial charge < -0.3 is 14.9 Å². The van der Waals surface area contributed by atoms with Gasteiger partial charge in [0.05, 0.1) is 47.5 Å². The Labute approximate surface area is 150 Å². The highest BCUT2D eigenvalue weighted by atomic mass is 31.2. The molecule has 0 bridgehead atoms. The first-order valence-electron chi connectivity index (χ1n) is 8.63. The third-order valence-corrected chi connectivity index (χ3v) is 16.1. The normalized spacial score (nSPS) is 41.5. The fourth-order valence-electron chi connectivity index (χ4n) is 3.79. The molecule has 2 aliphatic carbocycles. The van der Waals surface area contributed by atoms with Gasteiger partial charge in [-0.1, -0.05) is 6.30 Å². The Hall–Kier alpha value is 0.585. The molecule has 7 heteroatoms. The zero-order chi connectivity index (χ0) is 18.3. The zero-order valence-corrected chi connectivity index (χ0v) is 18.0. The van der Waals surface area contributed by atoms with Gasteiger partial charge in [-0.05, 0) is 38.9 Å². The lowest BCUT2D eigenvalue weighted by Crippen LogP contribution is -2.46. The molecule has 2 fully saturated rings. The first kappa shape index (κ1) is 20.9. The van der Waals surface area contributed by atoms with E-state index in [0.717, 1.165) is 30.6 Å². The maximum atomic E-state index is 10.6. The van der Waals surface area contributed by atoms with Crippen LogP contribution in [0.25, 0.3) is 0 Å². The average Bonchev–Trinajstić information content (AvgIpc) is 3.23. The van der Waals surface area contributed by atoms with Gasteiger partial charge in [-0.3, -0.25) is 0 Å². The molecule has 0 aromatic rings. The molecule has 0 aliphatic heterocycles. The van der Waals surface area contributed by atoms with E-state index in [1.807, 2.05) is 0 Å². The summed E-state index contributed by atoms with van der Waals surface area (Å²) in [6, 6.07) is 0. The molecule has 2 rings (SSSR count). The molecule has 2 N–H and O–H groups in total. The molecule has 7 atom stereocenters. The smallest absolute Gasteiger partial charge is 0.129 e. The van der Waals surface area contributed by atoms with E-state index in [2.05, 4.69) is 32.7 Å². The van der Waals surface area contributed by atoms with Crippen molar-refractivity contribution in [2.75, 3.05) is 30.5 Å². The van der Waals surface area contributed by atoms with Crippen molar-refractivity contribution in [3.63, 3.8) is 0 Å². The van der Waals surface area contributed by atoms with Gasteiger partial charge in [-0.25, -0.2) is 0 Å². The van der Waals surface area contributed by atoms with Crippen molar-refractivity contribution in [2.45, 2.75) is 50.3 Å². The highest BCUT2D eigenvalue weighted by Crippen LogP contribution is 2.68. The van der Waals surface area contributed by atoms with Crippen LogP contribution in [0.3, 0.4) is 0 Å². The second kappa shape index (κ2) is 7.30. The molecule has 2 saturated carbocycles. The number of aliphatic hydroxyl groups is 2. The number of ether oxygens (including phenoxy) is 1. The van der Waals surface area contributed by atoms with Gasteiger partial charge in [0.15, 0.2) is 0 Å². The molecule has 2 radical (unpaired) electrons. The van der Waals surface area contributed by atoms with E-state index in [4.69, 9.17) is 12.6 Å². The van der Waals surface area contributed by atoms with Crippen LogP contribution in [0.1, 0.15) is 27.2 Å². The van der Waals surface area contributed by atoms with E-state index >= 15 is 0 Å². The average molecular weight is 388 g/mol. The lowest BCUT2D eigenvalue weighted by molar-refractivity contribution is -0.115. The molecule has 2 aliphatic rings. The Balaban J connectivity index is 2.10. The minimum Gasteiger partial charge on any atom is -0.388 e. The molecular formula is C17H32BO3P3+2. The number of hydrogen-bond donors (Lipinski definition) is 2. The molecule has 4 unspecified atom stereocenters. The van der Waals surface area contributed by atoms with Crippen molar-refractivity contribution in [1.29, 1.82) is 0 Å². The SMILES string of the molecule is [B][C@@H]1C2CC2(OCP(=C)(C[P+](=C)CC)C[P+](=C)CC)[C@@H](O)[C@@]1(C)O. The summed E-state index contributed by atoms with van der Waals surface area (Å²) < 4.78 is 6.30. The van der Waals surface area contributed by atoms with Gasteiger partial charge in [0.2, 0.25) is 0 Å². The van der Waals surface area contributed by atoms with E-state index in [0.29, 0.717) is 6.35 Å². The molecule has 0 amide bonds. The molecular weight excluding hydrogens is 356 g/mol. The van der Waals surface area contributed by atoms with Crippen molar-refractivity contribution in [1.82, 2.24) is 0 Å². The van der Waals surface area contributed by atoms with Crippen LogP contribution >= 0.6 is 22.0 Å². The summed E-state index contributed by atoms with van der Waals surface area (Å²) in [6.07, 6.45) is 15.8. The van der Waals surface area contributed by atoms with Crippen molar-refractivity contribution in [2.24, 2.45) is 5.92 Å². The topological polar surface area (TPSA) is 49.7 Å². The molecule has 24 heavy (non-hydrogen) atoms. The quantitative estimate of drug-likeness (QED) is 0.472. The standard InChI is InChI=1S/C17H32BO3P3/c1-7-22(4)11-24(6,12-23(5)8-2)10-21-17-9-13(17)14(18)16(3,20)15(17)19/h13-15,19-20H,4-12H2,1-3H3/q+2/t13?,14-,15+,16+,17?/m1/s1. The Morgan fingerprint density at radius 1 is 1.25 bits per heavy atom. The second-order valence-corrected chi connectivity index (χ2v) is 16.9. The summed E-state index contributed by atoms with van der Waals surface area (Å²) in [7, 11) is 5.58. The molecule has 0 saturated heterocycles. The number of hydrogen-bond acceptors (Lipinski definition) is 3. The van der Waals surface area contributed by atoms with Gasteiger partial charge in [-0.15, -0.1) is 0 Å². The fourth-order valence-corrected chi connectivity index (χ4v) is 14.5. The van der Waals surface area contributed by atoms with E-state index in [1.54, 1.807) is 6.92 Å². The van der Waals surface area contributed by atoms with Crippen molar-refractivity contribution < 1.29 is 14.9 Å². The summed E-state index contributed by atoms with van der Waals surface area (Å²) in [5, 5.41) is 21.0. The van der Waals surface area contributed by atoms with Crippen LogP contribution in [-0.4, -0.2) is 84.7 Å². The van der Waals surface area contributed by atoms with Crippen LogP contribution in [-0.2, 0) is 4.74 Å². The predicted molar refractivity (Wildman–Crippen MR) is 116 cm³/mol. The fraction of sp³-hybridized carbons (Fsp3) is 0.824. The lowest BCUT2D eigenvalue weighted by atomic mass is 9.73. The van der Waals surface area contributed by atoms with Gasteiger partial charge in [0, 0.05) is 6.89 Å². The predicted octanol–water partition coefficient (Wildman–Crippen LogP) is 3.03. The van der Waals surface area contributed by atoms with Gasteiger partial charge in [-0.2, -0.15) is 0 Å². The van der Waals surface area contributed by atoms with E-state index < -0.39 is 30.0 Å². The van der Waals surface area contributed by atoms with Crippen LogP contribution in [0.5, 0.6) is 0 Å². The summed E-state index contributed by atoms with van der Waals surface area (Å²) in [5.74, 6) is 1.75. The summed E-state index contributed by atoms with van der Waals surface area (Å²) in [4.78, 5) is 0. The van der Waals surface area contributed by atoms with Crippen molar-refractivity contribution in [3.8, 4) is 0 Å². The van der Waals surface area contributed by atoms with Crippen molar-refractivity contribution in [3.05, 3.63) is 0 Å². The van der Waals surface area contributed by atoms with Gasteiger partial charge in [0.25, 0.3) is 0 Å². The minimum atomic E-state index is -1.54. The Kier molecular flexibility index (Phi) is 6.36. The largest absolute Gasteiger partial charge is 0.388 e. The highest BCUT2D eigenvalue weighted by Gasteiger charge is 2.74. The van der Waals surface area contributed by atoms with E-state index in [9.17, 15) is 10.2 Å². The summed E-state index contributed by atoms with van der Waals surface area (Å²) >= 11 is 0. The molecule has 0 spiro atoms. The van der Waals surface area contributed by atoms with Crippen LogP contribution in [0, 0.1) is 5.92 Å². The number of fused-ring (bicyclic) bond motifs is 1. The van der Waals surface area contributed by atoms with Crippen LogP contribution < -0.4 is 0 Å². The second-order valence-electron chi connectivity index (χ2n) is 7.79. The Morgan fingerprint density at radius 3 is 2.12 bits per heavy atom. The Bertz CT molecular complexity index is 555. The van der Waals surface area contributed by atoms with Crippen LogP contribution in [0.4, 0.5) is 0 Å². The molecule has 3 nitrogen and oxygen atoms in total. The van der Waals surface area contributed by atoms with E-state index in [1.165, 1.54) is 0 Å². The molecule has 0 aromatic carbocycles. The highest BCUT2D eigenvalue weighted by molar-refractivity contribution is 7.88. The monoisotopic (exact) mass is 388 g/mol. The number of rotatable bonds is 9.